The third kappa shape index (κ3) is 4.36. The van der Waals surface area contributed by atoms with Gasteiger partial charge >= 0.3 is 0 Å². The third-order valence-corrected chi connectivity index (χ3v) is 4.20. The van der Waals surface area contributed by atoms with E-state index in [1.54, 1.807) is 18.2 Å². The maximum absolute atomic E-state index is 12.3. The molecule has 1 aromatic carbocycles. The van der Waals surface area contributed by atoms with Crippen molar-refractivity contribution in [2.24, 2.45) is 0 Å². The number of nitrogens with one attached hydrogen (secondary N) is 2. The molecular formula is C13H22N2O4S. The first-order chi connectivity index (χ1) is 9.56. The zero-order valence-electron chi connectivity index (χ0n) is 12.1. The van der Waals surface area contributed by atoms with Gasteiger partial charge in [-0.25, -0.2) is 13.1 Å². The van der Waals surface area contributed by atoms with E-state index in [1.165, 1.54) is 14.2 Å². The second kappa shape index (κ2) is 8.08. The first-order valence-corrected chi connectivity index (χ1v) is 7.96. The highest BCUT2D eigenvalue weighted by Crippen LogP contribution is 2.32. The van der Waals surface area contributed by atoms with Crippen molar-refractivity contribution in [3.63, 3.8) is 0 Å². The second-order valence-corrected chi connectivity index (χ2v) is 5.84. The molecule has 0 aromatic heterocycles. The minimum absolute atomic E-state index is 0.0282. The van der Waals surface area contributed by atoms with E-state index in [4.69, 9.17) is 9.47 Å². The summed E-state index contributed by atoms with van der Waals surface area (Å²) in [7, 11) is -0.819. The number of sulfonamides is 1. The molecule has 0 bridgehead atoms. The highest BCUT2D eigenvalue weighted by Gasteiger charge is 2.23. The molecule has 6 nitrogen and oxygen atoms in total. The van der Waals surface area contributed by atoms with E-state index in [0.29, 0.717) is 13.1 Å². The SMILES string of the molecule is CCCNCCNS(=O)(=O)c1c(OC)cccc1OC. The van der Waals surface area contributed by atoms with E-state index in [0.717, 1.165) is 13.0 Å². The Bertz CT molecular complexity index is 495. The molecular weight excluding hydrogens is 280 g/mol. The third-order valence-electron chi connectivity index (χ3n) is 2.67. The maximum Gasteiger partial charge on any atom is 0.248 e. The fourth-order valence-corrected chi connectivity index (χ4v) is 3.08. The summed E-state index contributed by atoms with van der Waals surface area (Å²) in [4.78, 5) is 0.0282. The summed E-state index contributed by atoms with van der Waals surface area (Å²) in [5.41, 5.74) is 0. The van der Waals surface area contributed by atoms with Gasteiger partial charge in [0.1, 0.15) is 11.5 Å². The van der Waals surface area contributed by atoms with E-state index < -0.39 is 10.0 Å². The number of hydrogen-bond donors (Lipinski definition) is 2. The van der Waals surface area contributed by atoms with Crippen molar-refractivity contribution in [2.75, 3.05) is 33.9 Å². The molecule has 0 spiro atoms. The van der Waals surface area contributed by atoms with Gasteiger partial charge in [0.15, 0.2) is 4.90 Å². The molecule has 0 radical (unpaired) electrons. The van der Waals surface area contributed by atoms with Gasteiger partial charge < -0.3 is 14.8 Å². The maximum atomic E-state index is 12.3. The fourth-order valence-electron chi connectivity index (χ4n) is 1.73. The number of methoxy groups -OCH3 is 2. The monoisotopic (exact) mass is 302 g/mol. The molecule has 7 heteroatoms. The van der Waals surface area contributed by atoms with Gasteiger partial charge in [-0.15, -0.1) is 0 Å². The van der Waals surface area contributed by atoms with Crippen molar-refractivity contribution in [1.29, 1.82) is 0 Å². The Labute approximate surface area is 120 Å². The van der Waals surface area contributed by atoms with Crippen LogP contribution in [0.1, 0.15) is 13.3 Å². The summed E-state index contributed by atoms with van der Waals surface area (Å²) in [5, 5.41) is 3.13. The van der Waals surface area contributed by atoms with Gasteiger partial charge in [-0.2, -0.15) is 0 Å². The van der Waals surface area contributed by atoms with Crippen LogP contribution in [0.5, 0.6) is 11.5 Å². The van der Waals surface area contributed by atoms with E-state index in [-0.39, 0.29) is 16.4 Å². The lowest BCUT2D eigenvalue weighted by molar-refractivity contribution is 0.373. The Hall–Kier alpha value is -1.31. The van der Waals surface area contributed by atoms with Crippen molar-refractivity contribution in [1.82, 2.24) is 10.0 Å². The van der Waals surface area contributed by atoms with E-state index in [2.05, 4.69) is 17.0 Å². The van der Waals surface area contributed by atoms with Gasteiger partial charge in [0, 0.05) is 13.1 Å². The summed E-state index contributed by atoms with van der Waals surface area (Å²) >= 11 is 0. The van der Waals surface area contributed by atoms with Gasteiger partial charge in [-0.1, -0.05) is 13.0 Å². The predicted molar refractivity (Wildman–Crippen MR) is 77.9 cm³/mol. The first-order valence-electron chi connectivity index (χ1n) is 6.48. The van der Waals surface area contributed by atoms with Crippen LogP contribution in [0.2, 0.25) is 0 Å². The molecule has 20 heavy (non-hydrogen) atoms. The quantitative estimate of drug-likeness (QED) is 0.665. The molecule has 0 aliphatic heterocycles. The normalized spacial score (nSPS) is 11.3. The van der Waals surface area contributed by atoms with E-state index >= 15 is 0 Å². The lowest BCUT2D eigenvalue weighted by atomic mass is 10.3. The van der Waals surface area contributed by atoms with Crippen LogP contribution in [0.4, 0.5) is 0 Å². The lowest BCUT2D eigenvalue weighted by Crippen LogP contribution is -2.32. The van der Waals surface area contributed by atoms with Crippen LogP contribution in [0, 0.1) is 0 Å². The minimum atomic E-state index is -3.67. The molecule has 0 fully saturated rings. The standard InChI is InChI=1S/C13H22N2O4S/c1-4-8-14-9-10-15-20(16,17)13-11(18-2)6-5-7-12(13)19-3/h5-7,14-15H,4,8-10H2,1-3H3. The highest BCUT2D eigenvalue weighted by molar-refractivity contribution is 7.89. The fraction of sp³-hybridized carbons (Fsp3) is 0.538. The largest absolute Gasteiger partial charge is 0.495 e. The number of hydrogen-bond acceptors (Lipinski definition) is 5. The van der Waals surface area contributed by atoms with Crippen molar-refractivity contribution >= 4 is 10.0 Å². The molecule has 0 amide bonds. The molecule has 1 aromatic rings. The van der Waals surface area contributed by atoms with Gasteiger partial charge in [-0.3, -0.25) is 0 Å². The van der Waals surface area contributed by atoms with Crippen molar-refractivity contribution in [3.05, 3.63) is 18.2 Å². The van der Waals surface area contributed by atoms with Gasteiger partial charge in [0.2, 0.25) is 10.0 Å². The summed E-state index contributed by atoms with van der Waals surface area (Å²) in [6.07, 6.45) is 1.01. The van der Waals surface area contributed by atoms with Crippen LogP contribution < -0.4 is 19.5 Å². The average Bonchev–Trinajstić information content (AvgIpc) is 2.46. The van der Waals surface area contributed by atoms with E-state index in [1.807, 2.05) is 0 Å². The Kier molecular flexibility index (Phi) is 6.77. The van der Waals surface area contributed by atoms with Crippen LogP contribution in [0.3, 0.4) is 0 Å². The van der Waals surface area contributed by atoms with Crippen molar-refractivity contribution in [3.8, 4) is 11.5 Å². The van der Waals surface area contributed by atoms with Gasteiger partial charge in [0.05, 0.1) is 14.2 Å². The Balaban J connectivity index is 2.86. The minimum Gasteiger partial charge on any atom is -0.495 e. The smallest absolute Gasteiger partial charge is 0.248 e. The zero-order valence-corrected chi connectivity index (χ0v) is 12.9. The molecule has 2 N–H and O–H groups in total. The number of benzene rings is 1. The van der Waals surface area contributed by atoms with Gasteiger partial charge in [0.25, 0.3) is 0 Å². The molecule has 114 valence electrons. The van der Waals surface area contributed by atoms with Crippen LogP contribution >= 0.6 is 0 Å². The molecule has 0 aliphatic carbocycles. The molecule has 1 rings (SSSR count). The summed E-state index contributed by atoms with van der Waals surface area (Å²) in [6, 6.07) is 4.86. The molecule has 0 atom stereocenters. The van der Waals surface area contributed by atoms with Crippen molar-refractivity contribution < 1.29 is 17.9 Å². The Morgan fingerprint density at radius 3 is 2.15 bits per heavy atom. The van der Waals surface area contributed by atoms with E-state index in [9.17, 15) is 8.42 Å². The highest BCUT2D eigenvalue weighted by atomic mass is 32.2. The molecule has 0 heterocycles. The topological polar surface area (TPSA) is 76.7 Å². The first kappa shape index (κ1) is 16.7. The average molecular weight is 302 g/mol. The van der Waals surface area contributed by atoms with Crippen LogP contribution in [-0.4, -0.2) is 42.3 Å². The van der Waals surface area contributed by atoms with Crippen molar-refractivity contribution in [2.45, 2.75) is 18.2 Å². The lowest BCUT2D eigenvalue weighted by Gasteiger charge is -2.14. The van der Waals surface area contributed by atoms with Crippen LogP contribution in [0.15, 0.2) is 23.1 Å². The second-order valence-electron chi connectivity index (χ2n) is 4.14. The Morgan fingerprint density at radius 1 is 1.05 bits per heavy atom. The Morgan fingerprint density at radius 2 is 1.65 bits per heavy atom. The molecule has 0 saturated heterocycles. The number of rotatable bonds is 9. The zero-order chi connectivity index (χ0) is 15.0. The molecule has 0 saturated carbocycles. The summed E-state index contributed by atoms with van der Waals surface area (Å²) in [6.45, 7) is 3.80. The van der Waals surface area contributed by atoms with Crippen LogP contribution in [-0.2, 0) is 10.0 Å². The summed E-state index contributed by atoms with van der Waals surface area (Å²) in [5.74, 6) is 0.525. The van der Waals surface area contributed by atoms with Gasteiger partial charge in [-0.05, 0) is 25.1 Å². The molecule has 0 unspecified atom stereocenters. The van der Waals surface area contributed by atoms with Crippen LogP contribution in [0.25, 0.3) is 0 Å². The predicted octanol–water partition coefficient (Wildman–Crippen LogP) is 0.982. The number of ether oxygens (including phenoxy) is 2. The summed E-state index contributed by atoms with van der Waals surface area (Å²) < 4.78 is 37.4. The molecule has 0 aliphatic rings.